The van der Waals surface area contributed by atoms with Gasteiger partial charge in [-0.15, -0.1) is 0 Å². The van der Waals surface area contributed by atoms with Gasteiger partial charge in [0.05, 0.1) is 18.6 Å². The summed E-state index contributed by atoms with van der Waals surface area (Å²) in [7, 11) is 0. The Bertz CT molecular complexity index is 1190. The number of anilines is 1. The summed E-state index contributed by atoms with van der Waals surface area (Å²) in [6.07, 6.45) is 3.45. The molecule has 1 amide bonds. The number of halogens is 3. The van der Waals surface area contributed by atoms with E-state index in [1.165, 1.54) is 0 Å². The van der Waals surface area contributed by atoms with Gasteiger partial charge in [-0.25, -0.2) is 15.0 Å². The molecule has 0 atom stereocenters. The number of carbonyl (C=O) groups is 1. The van der Waals surface area contributed by atoms with E-state index in [1.807, 2.05) is 36.4 Å². The molecule has 3 N–H and O–H groups in total. The standard InChI is InChI=1S/C19H15F2IN6O/c20-19(21,22)10-26-15(29)9-25-17-13-3-1-2-4-14(13)27-18(28-17)12-6-8-24-16-11(12)5-7-23-16/h1-8H,9-10H2,(H,23,24)(H,26,29)(H,25,27,28). The fourth-order valence-corrected chi connectivity index (χ4v) is 3.10. The summed E-state index contributed by atoms with van der Waals surface area (Å²) in [6, 6.07) is 11.1. The van der Waals surface area contributed by atoms with Crippen molar-refractivity contribution in [3.05, 3.63) is 48.8 Å². The molecule has 1 aromatic carbocycles. The van der Waals surface area contributed by atoms with Crippen molar-refractivity contribution in [2.45, 2.75) is 3.93 Å². The normalized spacial score (nSPS) is 11.7. The SMILES string of the molecule is O=C(CNc1nc(-c2ccnc3[nH]ccc23)nc2ccccc12)NCC(F)(F)I. The number of aromatic nitrogens is 4. The molecular weight excluding hydrogens is 493 g/mol. The Morgan fingerprint density at radius 3 is 2.79 bits per heavy atom. The number of fused-ring (bicyclic) bond motifs is 2. The number of hydrogen-bond donors (Lipinski definition) is 3. The second-order valence-electron chi connectivity index (χ2n) is 6.26. The molecule has 0 spiro atoms. The molecule has 148 valence electrons. The third-order valence-electron chi connectivity index (χ3n) is 4.21. The number of hydrogen-bond acceptors (Lipinski definition) is 5. The minimum absolute atomic E-state index is 0.191. The summed E-state index contributed by atoms with van der Waals surface area (Å²) in [6.45, 7) is -0.921. The number of aromatic amines is 1. The summed E-state index contributed by atoms with van der Waals surface area (Å²) in [5.74, 6) is 0.363. The van der Waals surface area contributed by atoms with E-state index in [0.717, 1.165) is 38.9 Å². The minimum Gasteiger partial charge on any atom is -0.360 e. The zero-order valence-corrected chi connectivity index (χ0v) is 17.1. The molecule has 0 aliphatic carbocycles. The Balaban J connectivity index is 1.67. The lowest BCUT2D eigenvalue weighted by molar-refractivity contribution is -0.120. The van der Waals surface area contributed by atoms with Crippen LogP contribution in [0.4, 0.5) is 14.6 Å². The molecule has 0 unspecified atom stereocenters. The van der Waals surface area contributed by atoms with Gasteiger partial charge in [0.15, 0.2) is 5.82 Å². The maximum atomic E-state index is 12.9. The summed E-state index contributed by atoms with van der Waals surface area (Å²) < 4.78 is 22.8. The first kappa shape index (κ1) is 19.4. The predicted molar refractivity (Wildman–Crippen MR) is 115 cm³/mol. The van der Waals surface area contributed by atoms with Gasteiger partial charge in [-0.2, -0.15) is 8.78 Å². The predicted octanol–water partition coefficient (Wildman–Crippen LogP) is 3.73. The lowest BCUT2D eigenvalue weighted by atomic mass is 10.1. The second kappa shape index (κ2) is 7.85. The number of nitrogens with one attached hydrogen (secondary N) is 3. The van der Waals surface area contributed by atoms with Crippen LogP contribution in [-0.4, -0.2) is 42.9 Å². The number of H-pyrrole nitrogens is 1. The molecule has 0 fully saturated rings. The number of nitrogens with zero attached hydrogens (tertiary/aromatic N) is 3. The highest BCUT2D eigenvalue weighted by Crippen LogP contribution is 2.28. The molecule has 0 saturated carbocycles. The van der Waals surface area contributed by atoms with Crippen molar-refractivity contribution >= 4 is 56.3 Å². The first-order valence-electron chi connectivity index (χ1n) is 8.67. The number of benzene rings is 1. The zero-order chi connectivity index (χ0) is 20.4. The lowest BCUT2D eigenvalue weighted by Crippen LogP contribution is -2.36. The molecule has 0 bridgehead atoms. The van der Waals surface area contributed by atoms with E-state index >= 15 is 0 Å². The van der Waals surface area contributed by atoms with Crippen LogP contribution in [0.5, 0.6) is 0 Å². The fourth-order valence-electron chi connectivity index (χ4n) is 2.91. The Hall–Kier alpha value is -2.89. The summed E-state index contributed by atoms with van der Waals surface area (Å²) in [5, 5.41) is 6.73. The third kappa shape index (κ3) is 4.42. The van der Waals surface area contributed by atoms with Crippen LogP contribution in [0.2, 0.25) is 0 Å². The summed E-state index contributed by atoms with van der Waals surface area (Å²) >= 11 is 0.982. The van der Waals surface area contributed by atoms with Gasteiger partial charge in [-0.1, -0.05) is 12.1 Å². The van der Waals surface area contributed by atoms with Crippen molar-refractivity contribution in [2.24, 2.45) is 0 Å². The van der Waals surface area contributed by atoms with E-state index < -0.39 is 16.4 Å². The Labute approximate surface area is 177 Å². The van der Waals surface area contributed by atoms with Gasteiger partial charge in [0.25, 0.3) is 0 Å². The molecule has 4 aromatic rings. The van der Waals surface area contributed by atoms with Crippen LogP contribution < -0.4 is 10.6 Å². The van der Waals surface area contributed by atoms with Gasteiger partial charge in [0.1, 0.15) is 11.5 Å². The van der Waals surface area contributed by atoms with Gasteiger partial charge < -0.3 is 15.6 Å². The topological polar surface area (TPSA) is 95.6 Å². The first-order valence-corrected chi connectivity index (χ1v) is 9.75. The largest absolute Gasteiger partial charge is 0.360 e. The first-order chi connectivity index (χ1) is 13.9. The van der Waals surface area contributed by atoms with Gasteiger partial charge in [-0.05, 0) is 24.3 Å². The van der Waals surface area contributed by atoms with Crippen LogP contribution in [0, 0.1) is 0 Å². The van der Waals surface area contributed by atoms with Gasteiger partial charge in [0.2, 0.25) is 5.91 Å². The monoisotopic (exact) mass is 508 g/mol. The number of para-hydroxylation sites is 1. The van der Waals surface area contributed by atoms with E-state index in [9.17, 15) is 13.6 Å². The average Bonchev–Trinajstić information content (AvgIpc) is 3.18. The molecule has 7 nitrogen and oxygen atoms in total. The Morgan fingerprint density at radius 2 is 1.97 bits per heavy atom. The molecule has 3 heterocycles. The van der Waals surface area contributed by atoms with Gasteiger partial charge in [-0.3, -0.25) is 4.79 Å². The van der Waals surface area contributed by atoms with E-state index in [2.05, 4.69) is 30.6 Å². The quantitative estimate of drug-likeness (QED) is 0.273. The molecule has 0 aliphatic rings. The van der Waals surface area contributed by atoms with Crippen LogP contribution in [0.1, 0.15) is 0 Å². The van der Waals surface area contributed by atoms with Crippen molar-refractivity contribution in [2.75, 3.05) is 18.4 Å². The van der Waals surface area contributed by atoms with E-state index in [-0.39, 0.29) is 6.54 Å². The summed E-state index contributed by atoms with van der Waals surface area (Å²) in [5.41, 5.74) is 2.20. The van der Waals surface area contributed by atoms with Crippen molar-refractivity contribution in [1.29, 1.82) is 0 Å². The highest BCUT2D eigenvalue weighted by atomic mass is 127. The maximum absolute atomic E-state index is 12.9. The van der Waals surface area contributed by atoms with Crippen molar-refractivity contribution in [3.8, 4) is 11.4 Å². The van der Waals surface area contributed by atoms with Gasteiger partial charge in [0, 0.05) is 51.3 Å². The molecule has 4 rings (SSSR count). The maximum Gasteiger partial charge on any atom is 0.313 e. The van der Waals surface area contributed by atoms with Crippen LogP contribution >= 0.6 is 22.6 Å². The molecule has 29 heavy (non-hydrogen) atoms. The van der Waals surface area contributed by atoms with Crippen molar-refractivity contribution < 1.29 is 13.6 Å². The fraction of sp³-hybridized carbons (Fsp3) is 0.158. The molecule has 0 aliphatic heterocycles. The lowest BCUT2D eigenvalue weighted by Gasteiger charge is -2.13. The van der Waals surface area contributed by atoms with Gasteiger partial charge >= 0.3 is 3.93 Å². The summed E-state index contributed by atoms with van der Waals surface area (Å²) in [4.78, 5) is 28.5. The number of pyridine rings is 1. The zero-order valence-electron chi connectivity index (χ0n) is 14.9. The van der Waals surface area contributed by atoms with Crippen LogP contribution in [0.3, 0.4) is 0 Å². The second-order valence-corrected chi connectivity index (χ2v) is 7.84. The smallest absolute Gasteiger partial charge is 0.313 e. The molecule has 3 aromatic heterocycles. The number of amides is 1. The third-order valence-corrected chi connectivity index (χ3v) is 4.59. The van der Waals surface area contributed by atoms with Crippen LogP contribution in [0.15, 0.2) is 48.8 Å². The molecule has 10 heteroatoms. The molecule has 0 saturated heterocycles. The van der Waals surface area contributed by atoms with E-state index in [0.29, 0.717) is 22.8 Å². The molecular formula is C19H15F2IN6O. The van der Waals surface area contributed by atoms with Crippen molar-refractivity contribution in [1.82, 2.24) is 25.3 Å². The number of alkyl halides is 3. The number of rotatable bonds is 6. The van der Waals surface area contributed by atoms with E-state index in [4.69, 9.17) is 0 Å². The average molecular weight is 508 g/mol. The van der Waals surface area contributed by atoms with Crippen LogP contribution in [-0.2, 0) is 4.79 Å². The van der Waals surface area contributed by atoms with E-state index in [1.54, 1.807) is 12.4 Å². The highest BCUT2D eigenvalue weighted by molar-refractivity contribution is 14.1. The Morgan fingerprint density at radius 1 is 1.14 bits per heavy atom. The van der Waals surface area contributed by atoms with Crippen LogP contribution in [0.25, 0.3) is 33.3 Å². The molecule has 0 radical (unpaired) electrons. The number of carbonyl (C=O) groups excluding carboxylic acids is 1. The van der Waals surface area contributed by atoms with Crippen molar-refractivity contribution in [3.63, 3.8) is 0 Å². The Kier molecular flexibility index (Phi) is 5.26. The minimum atomic E-state index is -2.99. The highest BCUT2D eigenvalue weighted by Gasteiger charge is 2.24.